The molecule has 108 valence electrons. The van der Waals surface area contributed by atoms with Crippen LogP contribution in [-0.2, 0) is 7.05 Å². The number of carbonyl (C=O) groups excluding carboxylic acids is 1. The highest BCUT2D eigenvalue weighted by molar-refractivity contribution is 6.01. The van der Waals surface area contributed by atoms with Gasteiger partial charge in [-0.05, 0) is 12.1 Å². The van der Waals surface area contributed by atoms with E-state index >= 15 is 0 Å². The molecule has 1 aliphatic rings. The van der Waals surface area contributed by atoms with Gasteiger partial charge >= 0.3 is 0 Å². The van der Waals surface area contributed by atoms with E-state index in [1.807, 2.05) is 49.3 Å². The monoisotopic (exact) mass is 283 g/mol. The van der Waals surface area contributed by atoms with Crippen LogP contribution in [0.25, 0.3) is 0 Å². The summed E-state index contributed by atoms with van der Waals surface area (Å²) in [5.41, 5.74) is 1.47. The van der Waals surface area contributed by atoms with Gasteiger partial charge in [0.15, 0.2) is 11.5 Å². The van der Waals surface area contributed by atoms with Gasteiger partial charge in [0.1, 0.15) is 5.82 Å². The molecule has 0 spiro atoms. The number of carbonyl (C=O) groups is 1. The van der Waals surface area contributed by atoms with Crippen molar-refractivity contribution in [2.24, 2.45) is 7.05 Å². The quantitative estimate of drug-likeness (QED) is 0.917. The number of nitrogens with one attached hydrogen (secondary N) is 1. The number of benzene rings is 1. The van der Waals surface area contributed by atoms with Crippen molar-refractivity contribution in [3.63, 3.8) is 0 Å². The Morgan fingerprint density at radius 2 is 1.76 bits per heavy atom. The lowest BCUT2D eigenvalue weighted by Crippen LogP contribution is -2.40. The van der Waals surface area contributed by atoms with E-state index in [0.29, 0.717) is 23.3 Å². The minimum atomic E-state index is -0.107. The van der Waals surface area contributed by atoms with Gasteiger partial charge in [-0.3, -0.25) is 9.69 Å². The summed E-state index contributed by atoms with van der Waals surface area (Å²) in [6, 6.07) is 9.73. The highest BCUT2D eigenvalue weighted by Gasteiger charge is 2.33. The van der Waals surface area contributed by atoms with E-state index in [4.69, 9.17) is 0 Å². The van der Waals surface area contributed by atoms with Crippen molar-refractivity contribution in [1.82, 2.24) is 14.5 Å². The highest BCUT2D eigenvalue weighted by Crippen LogP contribution is 2.32. The Kier molecular flexibility index (Phi) is 2.94. The molecule has 3 rings (SSSR count). The lowest BCUT2D eigenvalue weighted by molar-refractivity contribution is 0.0817. The molecule has 6 nitrogen and oxygen atoms in total. The van der Waals surface area contributed by atoms with Gasteiger partial charge in [-0.15, -0.1) is 0 Å². The first-order chi connectivity index (χ1) is 10.0. The van der Waals surface area contributed by atoms with Gasteiger partial charge in [0, 0.05) is 26.8 Å². The molecule has 0 radical (unpaired) electrons. The van der Waals surface area contributed by atoms with Gasteiger partial charge in [-0.1, -0.05) is 24.8 Å². The van der Waals surface area contributed by atoms with E-state index in [1.165, 1.54) is 4.90 Å². The van der Waals surface area contributed by atoms with E-state index in [2.05, 4.69) is 16.9 Å². The Hall–Kier alpha value is -2.76. The summed E-state index contributed by atoms with van der Waals surface area (Å²) in [5.74, 6) is 1.74. The van der Waals surface area contributed by atoms with Gasteiger partial charge in [-0.2, -0.15) is 4.98 Å². The third kappa shape index (κ3) is 1.96. The second-order valence-electron chi connectivity index (χ2n) is 5.00. The molecule has 0 saturated carbocycles. The van der Waals surface area contributed by atoms with Crippen LogP contribution in [0.1, 0.15) is 10.5 Å². The predicted octanol–water partition coefficient (Wildman–Crippen LogP) is 2.16. The summed E-state index contributed by atoms with van der Waals surface area (Å²) < 4.78 is 1.77. The van der Waals surface area contributed by atoms with Crippen molar-refractivity contribution in [3.05, 3.63) is 48.4 Å². The van der Waals surface area contributed by atoms with Gasteiger partial charge in [0.05, 0.1) is 0 Å². The molecular weight excluding hydrogens is 266 g/mol. The molecule has 0 aliphatic carbocycles. The smallest absolute Gasteiger partial charge is 0.279 e. The van der Waals surface area contributed by atoms with Crippen LogP contribution in [-0.4, -0.2) is 34.5 Å². The molecular formula is C15H17N5O. The van der Waals surface area contributed by atoms with Crippen molar-refractivity contribution in [2.45, 2.75) is 0 Å². The van der Waals surface area contributed by atoms with Gasteiger partial charge in [0.2, 0.25) is 5.95 Å². The Balaban J connectivity index is 2.05. The number of nitrogens with zero attached hydrogens (tertiary/aromatic N) is 4. The molecule has 2 aromatic rings. The van der Waals surface area contributed by atoms with E-state index in [-0.39, 0.29) is 5.91 Å². The van der Waals surface area contributed by atoms with Crippen LogP contribution in [0.4, 0.5) is 17.5 Å². The molecule has 0 fully saturated rings. The number of anilines is 3. The Morgan fingerprint density at radius 1 is 1.10 bits per heavy atom. The van der Waals surface area contributed by atoms with Crippen LogP contribution in [0.15, 0.2) is 42.7 Å². The Bertz CT molecular complexity index is 719. The zero-order valence-electron chi connectivity index (χ0n) is 12.3. The van der Waals surface area contributed by atoms with Gasteiger partial charge < -0.3 is 14.8 Å². The Morgan fingerprint density at radius 3 is 2.43 bits per heavy atom. The van der Waals surface area contributed by atoms with Crippen molar-refractivity contribution >= 4 is 23.4 Å². The van der Waals surface area contributed by atoms with E-state index in [9.17, 15) is 4.79 Å². The first-order valence-electron chi connectivity index (χ1n) is 6.60. The zero-order chi connectivity index (χ0) is 15.1. The number of imidazole rings is 1. The second-order valence-corrected chi connectivity index (χ2v) is 5.00. The maximum Gasteiger partial charge on any atom is 0.279 e. The van der Waals surface area contributed by atoms with Crippen LogP contribution in [0.2, 0.25) is 0 Å². The van der Waals surface area contributed by atoms with Crippen LogP contribution in [0.5, 0.6) is 0 Å². The fourth-order valence-electron chi connectivity index (χ4n) is 2.34. The van der Waals surface area contributed by atoms with Crippen molar-refractivity contribution in [1.29, 1.82) is 0 Å². The molecule has 1 amide bonds. The van der Waals surface area contributed by atoms with Crippen LogP contribution in [0.3, 0.4) is 0 Å². The summed E-state index contributed by atoms with van der Waals surface area (Å²) in [7, 11) is 5.38. The third-order valence-corrected chi connectivity index (χ3v) is 3.71. The largest absolute Gasteiger partial charge is 0.326 e. The topological polar surface area (TPSA) is 53.4 Å². The number of rotatable bonds is 2. The van der Waals surface area contributed by atoms with Crippen molar-refractivity contribution < 1.29 is 4.79 Å². The van der Waals surface area contributed by atoms with Crippen molar-refractivity contribution in [2.75, 3.05) is 24.3 Å². The summed E-state index contributed by atoms with van der Waals surface area (Å²) in [4.78, 5) is 20.3. The molecule has 2 heterocycles. The minimum absolute atomic E-state index is 0.107. The van der Waals surface area contributed by atoms with Gasteiger partial charge in [-0.25, -0.2) is 0 Å². The second kappa shape index (κ2) is 4.66. The molecule has 1 aliphatic heterocycles. The Labute approximate surface area is 123 Å². The van der Waals surface area contributed by atoms with E-state index < -0.39 is 0 Å². The van der Waals surface area contributed by atoms with E-state index in [0.717, 1.165) is 5.69 Å². The number of fused-ring (bicyclic) bond motifs is 1. The molecule has 6 heteroatoms. The fourth-order valence-corrected chi connectivity index (χ4v) is 2.34. The molecule has 0 bridgehead atoms. The molecule has 0 unspecified atom stereocenters. The maximum atomic E-state index is 12.4. The van der Waals surface area contributed by atoms with Crippen LogP contribution < -0.4 is 10.2 Å². The molecule has 1 aromatic carbocycles. The SMILES string of the molecule is C=C1N(C)C(=O)c2c(nc(Nc3ccccc3)n2C)N1C. The number of hydrogen-bond donors (Lipinski definition) is 1. The molecule has 21 heavy (non-hydrogen) atoms. The first-order valence-corrected chi connectivity index (χ1v) is 6.60. The number of hydrogen-bond acceptors (Lipinski definition) is 4. The lowest BCUT2D eigenvalue weighted by Gasteiger charge is -2.32. The van der Waals surface area contributed by atoms with Crippen LogP contribution >= 0.6 is 0 Å². The normalized spacial score (nSPS) is 14.4. The van der Waals surface area contributed by atoms with Gasteiger partial charge in [0.25, 0.3) is 5.91 Å². The number of para-hydroxylation sites is 1. The molecule has 0 atom stereocenters. The lowest BCUT2D eigenvalue weighted by atomic mass is 10.3. The summed E-state index contributed by atoms with van der Waals surface area (Å²) in [5, 5.41) is 3.22. The fraction of sp³-hybridized carbons (Fsp3) is 0.200. The molecule has 1 aromatic heterocycles. The number of aromatic nitrogens is 2. The number of amides is 1. The summed E-state index contributed by atoms with van der Waals surface area (Å²) in [6.45, 7) is 3.91. The zero-order valence-corrected chi connectivity index (χ0v) is 12.3. The van der Waals surface area contributed by atoms with Crippen molar-refractivity contribution in [3.8, 4) is 0 Å². The molecule has 0 saturated heterocycles. The average molecular weight is 283 g/mol. The predicted molar refractivity (Wildman–Crippen MR) is 82.6 cm³/mol. The first kappa shape index (κ1) is 13.2. The maximum absolute atomic E-state index is 12.4. The summed E-state index contributed by atoms with van der Waals surface area (Å²) in [6.07, 6.45) is 0. The molecule has 1 N–H and O–H groups in total. The standard InChI is InChI=1S/C15H17N5O/c1-10-18(2)13-12(14(21)19(10)3)20(4)15(17-13)16-11-8-6-5-7-9-11/h5-9H,1H2,2-4H3,(H,16,17). The highest BCUT2D eigenvalue weighted by atomic mass is 16.2. The van der Waals surface area contributed by atoms with E-state index in [1.54, 1.807) is 11.6 Å². The van der Waals surface area contributed by atoms with Crippen LogP contribution in [0, 0.1) is 0 Å². The third-order valence-electron chi connectivity index (χ3n) is 3.71. The summed E-state index contributed by atoms with van der Waals surface area (Å²) >= 11 is 0. The minimum Gasteiger partial charge on any atom is -0.326 e. The average Bonchev–Trinajstić information content (AvgIpc) is 2.81.